The first-order chi connectivity index (χ1) is 17.8. The molecule has 0 aliphatic carbocycles. The molecule has 10 heteroatoms. The van der Waals surface area contributed by atoms with Crippen LogP contribution in [0.1, 0.15) is 54.1 Å². The topological polar surface area (TPSA) is 86.1 Å². The largest absolute Gasteiger partial charge is 0.434 e. The van der Waals surface area contributed by atoms with E-state index in [2.05, 4.69) is 10.3 Å². The lowest BCUT2D eigenvalue weighted by Gasteiger charge is -2.21. The molecule has 1 N–H and O–H groups in total. The molecule has 0 spiro atoms. The molecule has 0 saturated carbocycles. The molecule has 2 aliphatic rings. The van der Waals surface area contributed by atoms with Crippen LogP contribution in [-0.2, 0) is 4.57 Å². The number of alkyl halides is 2. The normalized spacial score (nSPS) is 18.5. The molecule has 2 aromatic carbocycles. The quantitative estimate of drug-likeness (QED) is 0.338. The Labute approximate surface area is 212 Å². The molecule has 190 valence electrons. The lowest BCUT2D eigenvalue weighted by atomic mass is 9.97. The minimum atomic E-state index is -3.01. The fourth-order valence-electron chi connectivity index (χ4n) is 5.54. The number of ether oxygens (including phenoxy) is 1. The van der Waals surface area contributed by atoms with Crippen LogP contribution in [0.15, 0.2) is 54.7 Å². The molecule has 2 aromatic heterocycles. The molecular formula is C27H25F2N4O3P. The first-order valence-corrected chi connectivity index (χ1v) is 14.4. The number of rotatable bonds is 6. The van der Waals surface area contributed by atoms with Crippen molar-refractivity contribution in [3.05, 3.63) is 71.7 Å². The average molecular weight is 522 g/mol. The van der Waals surface area contributed by atoms with Crippen molar-refractivity contribution in [1.82, 2.24) is 19.9 Å². The fourth-order valence-corrected chi connectivity index (χ4v) is 7.24. The number of benzene rings is 2. The first kappa shape index (κ1) is 23.8. The Morgan fingerprint density at radius 3 is 2.62 bits per heavy atom. The van der Waals surface area contributed by atoms with Gasteiger partial charge in [0.2, 0.25) is 0 Å². The molecule has 2 atom stereocenters. The number of carbonyl (C=O) groups excluding carboxylic acids is 1. The summed E-state index contributed by atoms with van der Waals surface area (Å²) in [5.74, 6) is 0.349. The van der Waals surface area contributed by atoms with Crippen molar-refractivity contribution < 1.29 is 22.9 Å². The van der Waals surface area contributed by atoms with Gasteiger partial charge in [0.1, 0.15) is 18.7 Å². The Kier molecular flexibility index (Phi) is 5.64. The van der Waals surface area contributed by atoms with Crippen LogP contribution in [0.3, 0.4) is 0 Å². The Morgan fingerprint density at radius 2 is 1.92 bits per heavy atom. The lowest BCUT2D eigenvalue weighted by molar-refractivity contribution is -0.0507. The minimum Gasteiger partial charge on any atom is -0.434 e. The highest BCUT2D eigenvalue weighted by atomic mass is 31.2. The molecule has 37 heavy (non-hydrogen) atoms. The summed E-state index contributed by atoms with van der Waals surface area (Å²) >= 11 is 0. The second-order valence-electron chi connectivity index (χ2n) is 9.34. The Balaban J connectivity index is 1.47. The third kappa shape index (κ3) is 3.75. The molecule has 4 aromatic rings. The highest BCUT2D eigenvalue weighted by Gasteiger charge is 2.42. The van der Waals surface area contributed by atoms with Crippen molar-refractivity contribution in [3.8, 4) is 16.9 Å². The van der Waals surface area contributed by atoms with Gasteiger partial charge in [-0.1, -0.05) is 32.0 Å². The number of carbonyl (C=O) groups is 1. The van der Waals surface area contributed by atoms with Crippen molar-refractivity contribution in [3.63, 3.8) is 0 Å². The maximum absolute atomic E-state index is 13.2. The van der Waals surface area contributed by atoms with Gasteiger partial charge in [-0.25, -0.2) is 4.98 Å². The van der Waals surface area contributed by atoms with Crippen molar-refractivity contribution >= 4 is 29.5 Å². The SMILES string of the molecule is CCP(=O)(CC)c1ccc(-c2ccc3nc4n(c3c2)[C@@H]2C[C@H]4NC(=O)c3cccc(OC(F)F)c32)cn1. The number of aromatic nitrogens is 3. The van der Waals surface area contributed by atoms with Gasteiger partial charge in [0.25, 0.3) is 5.91 Å². The van der Waals surface area contributed by atoms with Crippen LogP contribution in [-0.4, -0.2) is 39.4 Å². The van der Waals surface area contributed by atoms with Crippen LogP contribution < -0.4 is 15.5 Å². The Bertz CT molecular complexity index is 1580. The third-order valence-corrected chi connectivity index (χ3v) is 10.6. The zero-order chi connectivity index (χ0) is 25.9. The number of pyridine rings is 1. The van der Waals surface area contributed by atoms with E-state index in [0.29, 0.717) is 41.1 Å². The van der Waals surface area contributed by atoms with Crippen molar-refractivity contribution in [2.75, 3.05) is 12.3 Å². The number of fused-ring (bicyclic) bond motifs is 9. The van der Waals surface area contributed by atoms with Gasteiger partial charge in [0, 0.05) is 35.2 Å². The van der Waals surface area contributed by atoms with Gasteiger partial charge >= 0.3 is 6.61 Å². The summed E-state index contributed by atoms with van der Waals surface area (Å²) < 4.78 is 46.4. The second-order valence-corrected chi connectivity index (χ2v) is 12.8. The smallest absolute Gasteiger partial charge is 0.387 e. The zero-order valence-corrected chi connectivity index (χ0v) is 21.2. The summed E-state index contributed by atoms with van der Waals surface area (Å²) in [4.78, 5) is 22.2. The lowest BCUT2D eigenvalue weighted by Crippen LogP contribution is -2.28. The minimum absolute atomic E-state index is 0.00442. The molecule has 0 radical (unpaired) electrons. The van der Waals surface area contributed by atoms with Crippen LogP contribution >= 0.6 is 7.14 Å². The third-order valence-electron chi connectivity index (χ3n) is 7.48. The predicted molar refractivity (Wildman–Crippen MR) is 137 cm³/mol. The summed E-state index contributed by atoms with van der Waals surface area (Å²) in [5, 5.41) is 3.00. The maximum atomic E-state index is 13.2. The summed E-state index contributed by atoms with van der Waals surface area (Å²) in [6.07, 6.45) is 3.37. The Morgan fingerprint density at radius 1 is 1.14 bits per heavy atom. The van der Waals surface area contributed by atoms with E-state index in [0.717, 1.165) is 22.2 Å². The molecule has 4 heterocycles. The van der Waals surface area contributed by atoms with Crippen LogP contribution in [0.5, 0.6) is 5.75 Å². The van der Waals surface area contributed by atoms with Crippen LogP contribution in [0.4, 0.5) is 8.78 Å². The number of hydrogen-bond acceptors (Lipinski definition) is 5. The van der Waals surface area contributed by atoms with Gasteiger partial charge in [0.15, 0.2) is 0 Å². The molecule has 0 fully saturated rings. The van der Waals surface area contributed by atoms with Crippen molar-refractivity contribution in [2.45, 2.75) is 39.0 Å². The van der Waals surface area contributed by atoms with Gasteiger partial charge < -0.3 is 19.2 Å². The van der Waals surface area contributed by atoms with Crippen molar-refractivity contribution in [2.24, 2.45) is 0 Å². The van der Waals surface area contributed by atoms with Gasteiger partial charge in [-0.05, 0) is 42.3 Å². The highest BCUT2D eigenvalue weighted by Crippen LogP contribution is 2.48. The summed E-state index contributed by atoms with van der Waals surface area (Å²) in [6.45, 7) is 0.835. The summed E-state index contributed by atoms with van der Waals surface area (Å²) in [5.41, 5.74) is 4.73. The zero-order valence-electron chi connectivity index (χ0n) is 20.3. The van der Waals surface area contributed by atoms with E-state index in [1.165, 1.54) is 6.07 Å². The van der Waals surface area contributed by atoms with Gasteiger partial charge in [-0.15, -0.1) is 0 Å². The molecular weight excluding hydrogens is 497 g/mol. The molecule has 1 amide bonds. The number of imidazole rings is 1. The van der Waals surface area contributed by atoms with Crippen LogP contribution in [0, 0.1) is 0 Å². The summed E-state index contributed by atoms with van der Waals surface area (Å²) in [6, 6.07) is 13.5. The van der Waals surface area contributed by atoms with E-state index in [-0.39, 0.29) is 17.7 Å². The monoisotopic (exact) mass is 522 g/mol. The van der Waals surface area contributed by atoms with E-state index in [1.54, 1.807) is 18.3 Å². The van der Waals surface area contributed by atoms with Gasteiger partial charge in [0.05, 0.1) is 28.6 Å². The van der Waals surface area contributed by atoms with E-state index in [4.69, 9.17) is 9.72 Å². The molecule has 2 aliphatic heterocycles. The van der Waals surface area contributed by atoms with E-state index < -0.39 is 19.8 Å². The van der Waals surface area contributed by atoms with E-state index >= 15 is 0 Å². The number of nitrogens with one attached hydrogen (secondary N) is 1. The first-order valence-electron chi connectivity index (χ1n) is 12.3. The van der Waals surface area contributed by atoms with Crippen molar-refractivity contribution in [1.29, 1.82) is 0 Å². The number of hydrogen-bond donors (Lipinski definition) is 1. The van der Waals surface area contributed by atoms with E-state index in [9.17, 15) is 18.1 Å². The average Bonchev–Trinajstić information content (AvgIpc) is 3.40. The molecule has 6 rings (SSSR count). The molecule has 0 unspecified atom stereocenters. The van der Waals surface area contributed by atoms with Gasteiger partial charge in [-0.2, -0.15) is 8.78 Å². The fraction of sp³-hybridized carbons (Fsp3) is 0.296. The standard InChI is InChI=1S/C27H25F2N4O3P/c1-3-37(35,4-2)23-11-9-16(14-30-23)15-8-10-18-20(12-15)33-21-13-19(25(33)31-18)32-26(34)17-6-5-7-22(24(17)21)36-27(28)29/h5-12,14,19,21,27H,3-4,13H2,1-2H3,(H,32,34)/t19-,21-/m1/s1. The predicted octanol–water partition coefficient (Wildman–Crippen LogP) is 5.51. The van der Waals surface area contributed by atoms with Crippen LogP contribution in [0.25, 0.3) is 22.2 Å². The second kappa shape index (κ2) is 8.77. The van der Waals surface area contributed by atoms with Gasteiger partial charge in [-0.3, -0.25) is 9.78 Å². The number of halogens is 2. The van der Waals surface area contributed by atoms with E-state index in [1.807, 2.05) is 48.7 Å². The Hall–Kier alpha value is -3.58. The molecule has 7 nitrogen and oxygen atoms in total. The number of amides is 1. The number of nitrogens with zero attached hydrogens (tertiary/aromatic N) is 3. The summed E-state index contributed by atoms with van der Waals surface area (Å²) in [7, 11) is -2.48. The molecule has 0 saturated heterocycles. The highest BCUT2D eigenvalue weighted by molar-refractivity contribution is 7.71. The van der Waals surface area contributed by atoms with Crippen LogP contribution in [0.2, 0.25) is 0 Å². The maximum Gasteiger partial charge on any atom is 0.387 e. The molecule has 2 bridgehead atoms.